The van der Waals surface area contributed by atoms with Gasteiger partial charge in [-0.25, -0.2) is 4.79 Å². The van der Waals surface area contributed by atoms with Crippen LogP contribution in [-0.4, -0.2) is 73.4 Å². The van der Waals surface area contributed by atoms with Gasteiger partial charge in [0.05, 0.1) is 17.7 Å². The Balaban J connectivity index is 0.000000429. The number of rotatable bonds is 5. The second kappa shape index (κ2) is 11.1. The number of anilines is 2. The molecule has 1 saturated heterocycles. The van der Waals surface area contributed by atoms with E-state index in [1.54, 1.807) is 6.07 Å². The van der Waals surface area contributed by atoms with Gasteiger partial charge in [0.25, 0.3) is 11.8 Å². The Bertz CT molecular complexity index is 1080. The van der Waals surface area contributed by atoms with Gasteiger partial charge in [-0.3, -0.25) is 9.59 Å². The Labute approximate surface area is 197 Å². The third-order valence-electron chi connectivity index (χ3n) is 5.03. The van der Waals surface area contributed by atoms with Crippen LogP contribution >= 0.6 is 0 Å². The van der Waals surface area contributed by atoms with Gasteiger partial charge in [0.1, 0.15) is 23.5 Å². The molecular formula is C21H24F3N5O6. The van der Waals surface area contributed by atoms with Crippen LogP contribution in [0, 0.1) is 0 Å². The zero-order valence-electron chi connectivity index (χ0n) is 18.7. The number of aliphatic carboxylic acids is 1. The quantitative estimate of drug-likeness (QED) is 0.482. The molecule has 4 rings (SSSR count). The highest BCUT2D eigenvalue weighted by atomic mass is 19.4. The van der Waals surface area contributed by atoms with Gasteiger partial charge in [0.2, 0.25) is 5.88 Å². The predicted molar refractivity (Wildman–Crippen MR) is 117 cm³/mol. The van der Waals surface area contributed by atoms with Gasteiger partial charge in [-0.1, -0.05) is 0 Å². The van der Waals surface area contributed by atoms with Crippen molar-refractivity contribution >= 4 is 29.3 Å². The summed E-state index contributed by atoms with van der Waals surface area (Å²) in [6.45, 7) is 6.31. The molecule has 0 unspecified atom stereocenters. The van der Waals surface area contributed by atoms with Crippen LogP contribution in [0.4, 0.5) is 24.7 Å². The summed E-state index contributed by atoms with van der Waals surface area (Å²) in [5, 5.41) is 16.0. The number of carbonyl (C=O) groups excluding carboxylic acids is 2. The van der Waals surface area contributed by atoms with E-state index >= 15 is 0 Å². The number of alkyl halides is 3. The van der Waals surface area contributed by atoms with E-state index in [0.717, 1.165) is 32.0 Å². The largest absolute Gasteiger partial charge is 0.490 e. The van der Waals surface area contributed by atoms with Crippen molar-refractivity contribution in [3.63, 3.8) is 0 Å². The number of nitrogens with zero attached hydrogens (tertiary/aromatic N) is 2. The number of fused-ring (bicyclic) bond motifs is 1. The summed E-state index contributed by atoms with van der Waals surface area (Å²) in [6, 6.07) is 3.64. The lowest BCUT2D eigenvalue weighted by atomic mass is 10.0. The number of carboxylic acids is 1. The molecule has 0 saturated carbocycles. The summed E-state index contributed by atoms with van der Waals surface area (Å²) in [4.78, 5) is 40.5. The van der Waals surface area contributed by atoms with Crippen LogP contribution in [0.25, 0.3) is 0 Å². The third kappa shape index (κ3) is 6.41. The molecule has 35 heavy (non-hydrogen) atoms. The maximum absolute atomic E-state index is 12.8. The molecule has 0 atom stereocenters. The topological polar surface area (TPSA) is 146 Å². The van der Waals surface area contributed by atoms with Crippen LogP contribution in [-0.2, 0) is 11.2 Å². The number of aromatic nitrogens is 1. The van der Waals surface area contributed by atoms with Gasteiger partial charge >= 0.3 is 12.1 Å². The lowest BCUT2D eigenvalue weighted by molar-refractivity contribution is -0.192. The molecule has 2 aromatic heterocycles. The predicted octanol–water partition coefficient (Wildman–Crippen LogP) is 1.65. The number of piperazine rings is 1. The van der Waals surface area contributed by atoms with Crippen LogP contribution in [0.15, 0.2) is 22.8 Å². The first-order chi connectivity index (χ1) is 16.6. The first kappa shape index (κ1) is 25.8. The first-order valence-corrected chi connectivity index (χ1v) is 10.7. The highest BCUT2D eigenvalue weighted by Gasteiger charge is 2.38. The zero-order valence-corrected chi connectivity index (χ0v) is 18.7. The molecule has 0 aromatic carbocycles. The van der Waals surface area contributed by atoms with Crippen molar-refractivity contribution in [3.05, 3.63) is 35.3 Å². The van der Waals surface area contributed by atoms with Crippen molar-refractivity contribution in [2.75, 3.05) is 49.5 Å². The second-order valence-electron chi connectivity index (χ2n) is 7.40. The molecule has 2 aromatic rings. The number of ether oxygens (including phenoxy) is 1. The van der Waals surface area contributed by atoms with E-state index in [9.17, 15) is 22.8 Å². The first-order valence-electron chi connectivity index (χ1n) is 10.7. The normalized spacial score (nSPS) is 15.3. The standard InChI is InChI=1S/C19H23N5O4.C2HF3O2/c1-2-27-19-13(3-4-15(23-19)24-9-7-20-8-10-24)22-17(25)12-11-28-14-5-6-21-18(26)16(12)14;3-2(4,5)1(6)7/h3-4,11,20H,2,5-10H2,1H3,(H,21,26)(H,22,25);(H,6,7). The average molecular weight is 499 g/mol. The minimum Gasteiger partial charge on any atom is -0.476 e. The van der Waals surface area contributed by atoms with Crippen molar-refractivity contribution < 1.29 is 41.8 Å². The van der Waals surface area contributed by atoms with Crippen molar-refractivity contribution in [2.24, 2.45) is 0 Å². The number of carbonyl (C=O) groups is 3. The molecule has 2 aliphatic heterocycles. The van der Waals surface area contributed by atoms with E-state index in [4.69, 9.17) is 19.1 Å². The average Bonchev–Trinajstić information content (AvgIpc) is 3.26. The van der Waals surface area contributed by atoms with E-state index in [2.05, 4.69) is 25.8 Å². The van der Waals surface area contributed by atoms with E-state index in [0.29, 0.717) is 42.5 Å². The molecule has 0 bridgehead atoms. The van der Waals surface area contributed by atoms with Gasteiger partial charge in [0.15, 0.2) is 0 Å². The summed E-state index contributed by atoms with van der Waals surface area (Å²) in [5.74, 6) is -1.78. The SMILES string of the molecule is CCOc1nc(N2CCNCC2)ccc1NC(=O)c1coc2c1C(=O)NCC2.O=C(O)C(F)(F)F. The molecule has 0 spiro atoms. The number of halogens is 3. The summed E-state index contributed by atoms with van der Waals surface area (Å²) in [6.07, 6.45) is -3.19. The van der Waals surface area contributed by atoms with Crippen LogP contribution in [0.3, 0.4) is 0 Å². The van der Waals surface area contributed by atoms with Crippen molar-refractivity contribution in [1.82, 2.24) is 15.6 Å². The number of carboxylic acid groups (broad SMARTS) is 1. The number of amides is 2. The summed E-state index contributed by atoms with van der Waals surface area (Å²) < 4.78 is 42.8. The highest BCUT2D eigenvalue weighted by Crippen LogP contribution is 2.28. The fraction of sp³-hybridized carbons (Fsp3) is 0.429. The lowest BCUT2D eigenvalue weighted by Gasteiger charge is -2.28. The number of furan rings is 1. The fourth-order valence-electron chi connectivity index (χ4n) is 3.41. The van der Waals surface area contributed by atoms with Crippen LogP contribution in [0.2, 0.25) is 0 Å². The number of hydrogen-bond acceptors (Lipinski definition) is 8. The smallest absolute Gasteiger partial charge is 0.476 e. The molecule has 11 nitrogen and oxygen atoms in total. The third-order valence-corrected chi connectivity index (χ3v) is 5.03. The number of hydrogen-bond donors (Lipinski definition) is 4. The highest BCUT2D eigenvalue weighted by molar-refractivity contribution is 6.13. The van der Waals surface area contributed by atoms with Gasteiger partial charge < -0.3 is 35.1 Å². The molecule has 0 radical (unpaired) electrons. The molecule has 4 N–H and O–H groups in total. The summed E-state index contributed by atoms with van der Waals surface area (Å²) in [7, 11) is 0. The molecule has 1 fully saturated rings. The second-order valence-corrected chi connectivity index (χ2v) is 7.40. The van der Waals surface area contributed by atoms with Crippen LogP contribution in [0.5, 0.6) is 5.88 Å². The van der Waals surface area contributed by atoms with Crippen molar-refractivity contribution in [2.45, 2.75) is 19.5 Å². The van der Waals surface area contributed by atoms with E-state index < -0.39 is 18.1 Å². The van der Waals surface area contributed by atoms with Crippen LogP contribution < -0.4 is 25.6 Å². The summed E-state index contributed by atoms with van der Waals surface area (Å²) >= 11 is 0. The van der Waals surface area contributed by atoms with Crippen molar-refractivity contribution in [3.8, 4) is 5.88 Å². The molecule has 2 amide bonds. The van der Waals surface area contributed by atoms with Crippen molar-refractivity contribution in [1.29, 1.82) is 0 Å². The Kier molecular flexibility index (Phi) is 8.17. The minimum absolute atomic E-state index is 0.209. The molecule has 190 valence electrons. The molecule has 2 aliphatic rings. The fourth-order valence-corrected chi connectivity index (χ4v) is 3.41. The minimum atomic E-state index is -5.08. The molecular weight excluding hydrogens is 475 g/mol. The zero-order chi connectivity index (χ0) is 25.6. The monoisotopic (exact) mass is 499 g/mol. The van der Waals surface area contributed by atoms with Crippen LogP contribution in [0.1, 0.15) is 33.4 Å². The lowest BCUT2D eigenvalue weighted by Crippen LogP contribution is -2.43. The van der Waals surface area contributed by atoms with Gasteiger partial charge in [-0.2, -0.15) is 18.2 Å². The molecule has 4 heterocycles. The molecule has 14 heteroatoms. The Hall–Kier alpha value is -3.81. The summed E-state index contributed by atoms with van der Waals surface area (Å²) in [5.41, 5.74) is 0.963. The van der Waals surface area contributed by atoms with Gasteiger partial charge in [0, 0.05) is 39.1 Å². The number of pyridine rings is 1. The Morgan fingerprint density at radius 3 is 2.57 bits per heavy atom. The van der Waals surface area contributed by atoms with E-state index in [1.807, 2.05) is 13.0 Å². The van der Waals surface area contributed by atoms with E-state index in [-0.39, 0.29) is 11.5 Å². The van der Waals surface area contributed by atoms with Gasteiger partial charge in [-0.05, 0) is 19.1 Å². The molecule has 0 aliphatic carbocycles. The maximum Gasteiger partial charge on any atom is 0.490 e. The number of nitrogens with one attached hydrogen (secondary N) is 3. The van der Waals surface area contributed by atoms with Gasteiger partial charge in [-0.15, -0.1) is 0 Å². The Morgan fingerprint density at radius 2 is 1.94 bits per heavy atom. The van der Waals surface area contributed by atoms with E-state index in [1.165, 1.54) is 6.26 Å². The maximum atomic E-state index is 12.8. The Morgan fingerprint density at radius 1 is 1.26 bits per heavy atom.